The molecule has 5 nitrogen and oxygen atoms in total. The second-order valence-corrected chi connectivity index (χ2v) is 10.7. The predicted octanol–water partition coefficient (Wildman–Crippen LogP) is 3.05. The predicted molar refractivity (Wildman–Crippen MR) is 105 cm³/mol. The van der Waals surface area contributed by atoms with E-state index in [9.17, 15) is 20.1 Å². The topological polar surface area (TPSA) is 87.0 Å². The Bertz CT molecular complexity index is 620. The maximum atomic E-state index is 12.0. The van der Waals surface area contributed by atoms with Crippen molar-refractivity contribution in [1.82, 2.24) is 0 Å². The Kier molecular flexibility index (Phi) is 5.12. The lowest BCUT2D eigenvalue weighted by Gasteiger charge is -2.64. The number of fused-ring (bicyclic) bond motifs is 5. The first kappa shape index (κ1) is 20.6. The van der Waals surface area contributed by atoms with Crippen LogP contribution >= 0.6 is 0 Å². The van der Waals surface area contributed by atoms with Gasteiger partial charge in [0.05, 0.1) is 11.7 Å². The zero-order valence-electron chi connectivity index (χ0n) is 17.7. The van der Waals surface area contributed by atoms with Gasteiger partial charge in [-0.1, -0.05) is 6.92 Å². The summed E-state index contributed by atoms with van der Waals surface area (Å²) < 4.78 is 5.51. The van der Waals surface area contributed by atoms with Crippen molar-refractivity contribution >= 4 is 5.97 Å². The Labute approximate surface area is 168 Å². The molecule has 1 unspecified atom stereocenters. The second-order valence-electron chi connectivity index (χ2n) is 10.7. The van der Waals surface area contributed by atoms with Crippen LogP contribution in [0.5, 0.6) is 0 Å². The van der Waals surface area contributed by atoms with Gasteiger partial charge in [0.15, 0.2) is 0 Å². The van der Waals surface area contributed by atoms with E-state index in [2.05, 4.69) is 6.92 Å². The summed E-state index contributed by atoms with van der Waals surface area (Å²) in [5.41, 5.74) is -1.13. The van der Waals surface area contributed by atoms with Crippen LogP contribution < -0.4 is 0 Å². The third kappa shape index (κ3) is 2.72. The summed E-state index contributed by atoms with van der Waals surface area (Å²) in [4.78, 5) is 11.4. The van der Waals surface area contributed by atoms with Crippen LogP contribution in [-0.2, 0) is 9.53 Å². The van der Waals surface area contributed by atoms with Crippen molar-refractivity contribution in [3.8, 4) is 0 Å². The van der Waals surface area contributed by atoms with Gasteiger partial charge in [0.1, 0.15) is 6.10 Å². The maximum absolute atomic E-state index is 12.0. The van der Waals surface area contributed by atoms with Crippen LogP contribution in [0.1, 0.15) is 78.6 Å². The molecule has 0 radical (unpaired) electrons. The van der Waals surface area contributed by atoms with E-state index in [1.807, 2.05) is 6.92 Å². The molecule has 0 spiro atoms. The summed E-state index contributed by atoms with van der Waals surface area (Å²) >= 11 is 0. The van der Waals surface area contributed by atoms with Gasteiger partial charge in [-0.2, -0.15) is 0 Å². The fraction of sp³-hybridized carbons (Fsp3) is 0.957. The minimum Gasteiger partial charge on any atom is -0.463 e. The summed E-state index contributed by atoms with van der Waals surface area (Å²) in [5, 5.41) is 32.9. The van der Waals surface area contributed by atoms with Gasteiger partial charge in [-0.05, 0) is 93.8 Å². The SMILES string of the molecule is CC(=O)O[C@H]1CC[C@@]2(CO)[C@@H](CC[C@@H]3[C@@H]2CC[C@]2(C)[C@@H](C(C)O)CC[C@@]32O)C1. The van der Waals surface area contributed by atoms with Crippen LogP contribution in [0.15, 0.2) is 0 Å². The average molecular weight is 395 g/mol. The van der Waals surface area contributed by atoms with Crippen LogP contribution in [0.25, 0.3) is 0 Å². The van der Waals surface area contributed by atoms with Gasteiger partial charge in [0.25, 0.3) is 0 Å². The van der Waals surface area contributed by atoms with Gasteiger partial charge in [0.2, 0.25) is 0 Å². The van der Waals surface area contributed by atoms with E-state index in [4.69, 9.17) is 4.74 Å². The van der Waals surface area contributed by atoms with E-state index in [-0.39, 0.29) is 41.3 Å². The van der Waals surface area contributed by atoms with Crippen LogP contribution in [0.2, 0.25) is 0 Å². The smallest absolute Gasteiger partial charge is 0.302 e. The standard InChI is InChI=1S/C23H38O5/c1-14(25)18-8-11-23(27)20-5-4-16-12-17(28-15(2)26)6-10-22(16,13-24)19(20)7-9-21(18,23)3/h14,16-20,24-25,27H,4-13H2,1-3H3/t14?,16-,17-,18+,19-,20+,21+,22+,23+/m0/s1. The van der Waals surface area contributed by atoms with E-state index < -0.39 is 11.7 Å². The van der Waals surface area contributed by atoms with Crippen LogP contribution in [0.3, 0.4) is 0 Å². The number of hydrogen-bond donors (Lipinski definition) is 3. The molecule has 0 heterocycles. The van der Waals surface area contributed by atoms with Crippen molar-refractivity contribution in [3.05, 3.63) is 0 Å². The van der Waals surface area contributed by atoms with Crippen molar-refractivity contribution in [2.24, 2.45) is 34.5 Å². The third-order valence-electron chi connectivity index (χ3n) is 9.78. The fourth-order valence-electron chi connectivity index (χ4n) is 8.45. The Morgan fingerprint density at radius 2 is 1.86 bits per heavy atom. The molecule has 9 atom stereocenters. The summed E-state index contributed by atoms with van der Waals surface area (Å²) in [7, 11) is 0. The highest BCUT2D eigenvalue weighted by atomic mass is 16.5. The molecule has 0 aliphatic heterocycles. The van der Waals surface area contributed by atoms with Gasteiger partial charge in [-0.25, -0.2) is 0 Å². The molecular weight excluding hydrogens is 356 g/mol. The Balaban J connectivity index is 1.61. The first-order valence-corrected chi connectivity index (χ1v) is 11.4. The number of rotatable bonds is 3. The van der Waals surface area contributed by atoms with Crippen LogP contribution in [0, 0.1) is 34.5 Å². The number of aliphatic hydroxyl groups is 3. The molecule has 0 aromatic rings. The van der Waals surface area contributed by atoms with Crippen molar-refractivity contribution in [1.29, 1.82) is 0 Å². The lowest BCUT2D eigenvalue weighted by Crippen LogP contribution is -2.64. The second kappa shape index (κ2) is 6.95. The van der Waals surface area contributed by atoms with E-state index in [1.54, 1.807) is 0 Å². The van der Waals surface area contributed by atoms with Gasteiger partial charge < -0.3 is 20.1 Å². The highest BCUT2D eigenvalue weighted by Crippen LogP contribution is 2.69. The number of carbonyl (C=O) groups is 1. The number of aliphatic hydroxyl groups excluding tert-OH is 2. The Hall–Kier alpha value is -0.650. The molecule has 4 aliphatic rings. The normalized spacial score (nSPS) is 51.6. The molecule has 4 aliphatic carbocycles. The minimum atomic E-state index is -0.739. The number of carbonyl (C=O) groups excluding carboxylic acids is 1. The Morgan fingerprint density at radius 1 is 1.11 bits per heavy atom. The summed E-state index contributed by atoms with van der Waals surface area (Å²) in [5.74, 6) is 0.816. The summed E-state index contributed by atoms with van der Waals surface area (Å²) in [6, 6.07) is 0. The first-order valence-electron chi connectivity index (χ1n) is 11.4. The quantitative estimate of drug-likeness (QED) is 0.641. The van der Waals surface area contributed by atoms with Crippen molar-refractivity contribution in [2.75, 3.05) is 6.61 Å². The largest absolute Gasteiger partial charge is 0.463 e. The summed E-state index contributed by atoms with van der Waals surface area (Å²) in [6.07, 6.45) is 7.66. The minimum absolute atomic E-state index is 0.0261. The van der Waals surface area contributed by atoms with E-state index in [0.29, 0.717) is 11.8 Å². The molecule has 4 rings (SSSR count). The van der Waals surface area contributed by atoms with E-state index >= 15 is 0 Å². The molecule has 3 N–H and O–H groups in total. The van der Waals surface area contributed by atoms with Gasteiger partial charge in [-0.15, -0.1) is 0 Å². The Morgan fingerprint density at radius 3 is 2.50 bits per heavy atom. The molecule has 160 valence electrons. The van der Waals surface area contributed by atoms with Crippen LogP contribution in [0.4, 0.5) is 0 Å². The molecular formula is C23H38O5. The molecule has 4 fully saturated rings. The fourth-order valence-corrected chi connectivity index (χ4v) is 8.45. The van der Waals surface area contributed by atoms with Crippen molar-refractivity contribution < 1.29 is 24.9 Å². The summed E-state index contributed by atoms with van der Waals surface area (Å²) in [6.45, 7) is 5.71. The average Bonchev–Trinajstić information content (AvgIpc) is 2.92. The molecule has 28 heavy (non-hydrogen) atoms. The molecule has 0 aromatic carbocycles. The van der Waals surface area contributed by atoms with Gasteiger partial charge in [0, 0.05) is 18.9 Å². The monoisotopic (exact) mass is 394 g/mol. The molecule has 4 saturated carbocycles. The molecule has 5 heteroatoms. The molecule has 0 aromatic heterocycles. The zero-order valence-corrected chi connectivity index (χ0v) is 17.7. The van der Waals surface area contributed by atoms with Gasteiger partial charge >= 0.3 is 5.97 Å². The first-order chi connectivity index (χ1) is 13.2. The number of ether oxygens (including phenoxy) is 1. The lowest BCUT2D eigenvalue weighted by atomic mass is 9.43. The van der Waals surface area contributed by atoms with E-state index in [1.165, 1.54) is 6.92 Å². The van der Waals surface area contributed by atoms with Crippen LogP contribution in [-0.4, -0.2) is 45.7 Å². The molecule has 0 amide bonds. The van der Waals surface area contributed by atoms with Crippen molar-refractivity contribution in [2.45, 2.75) is 96.4 Å². The zero-order chi connectivity index (χ0) is 20.3. The van der Waals surface area contributed by atoms with Crippen molar-refractivity contribution in [3.63, 3.8) is 0 Å². The maximum Gasteiger partial charge on any atom is 0.302 e. The molecule has 0 bridgehead atoms. The number of esters is 1. The highest BCUT2D eigenvalue weighted by Gasteiger charge is 2.68. The lowest BCUT2D eigenvalue weighted by molar-refractivity contribution is -0.226. The third-order valence-corrected chi connectivity index (χ3v) is 9.78. The number of hydrogen-bond acceptors (Lipinski definition) is 5. The highest BCUT2D eigenvalue weighted by molar-refractivity contribution is 5.66. The molecule has 0 saturated heterocycles. The van der Waals surface area contributed by atoms with Gasteiger partial charge in [-0.3, -0.25) is 4.79 Å². The van der Waals surface area contributed by atoms with E-state index in [0.717, 1.165) is 57.8 Å².